The Morgan fingerprint density at radius 3 is 2.56 bits per heavy atom. The van der Waals surface area contributed by atoms with Gasteiger partial charge in [0.05, 0.1) is 5.56 Å². The fraction of sp³-hybridized carbons (Fsp3) is 0.481. The zero-order chi connectivity index (χ0) is 22.9. The van der Waals surface area contributed by atoms with Gasteiger partial charge >= 0.3 is 0 Å². The quantitative estimate of drug-likeness (QED) is 0.472. The Morgan fingerprint density at radius 2 is 1.81 bits per heavy atom. The molecule has 0 saturated carbocycles. The van der Waals surface area contributed by atoms with Crippen LogP contribution in [0.3, 0.4) is 0 Å². The Labute approximate surface area is 192 Å². The lowest BCUT2D eigenvalue weighted by Gasteiger charge is -2.32. The van der Waals surface area contributed by atoms with Gasteiger partial charge in [-0.05, 0) is 55.5 Å². The minimum absolute atomic E-state index is 0.00837. The fourth-order valence-electron chi connectivity index (χ4n) is 4.11. The van der Waals surface area contributed by atoms with E-state index in [1.54, 1.807) is 0 Å². The zero-order valence-electron chi connectivity index (χ0n) is 19.7. The first kappa shape index (κ1) is 23.8. The van der Waals surface area contributed by atoms with E-state index < -0.39 is 0 Å². The van der Waals surface area contributed by atoms with Crippen LogP contribution in [0.4, 0.5) is 11.4 Å². The van der Waals surface area contributed by atoms with Crippen LogP contribution >= 0.6 is 0 Å². The van der Waals surface area contributed by atoms with Crippen LogP contribution in [-0.2, 0) is 17.8 Å². The average molecular weight is 436 g/mol. The third-order valence-electron chi connectivity index (χ3n) is 6.24. The van der Waals surface area contributed by atoms with Gasteiger partial charge in [-0.3, -0.25) is 9.59 Å². The van der Waals surface area contributed by atoms with Gasteiger partial charge in [0.25, 0.3) is 5.91 Å². The first-order valence-electron chi connectivity index (χ1n) is 12.1. The Kier molecular flexibility index (Phi) is 8.72. The third kappa shape index (κ3) is 6.35. The highest BCUT2D eigenvalue weighted by Gasteiger charge is 2.22. The van der Waals surface area contributed by atoms with Crippen LogP contribution < -0.4 is 15.5 Å². The van der Waals surface area contributed by atoms with Crippen molar-refractivity contribution in [2.24, 2.45) is 0 Å². The molecule has 0 radical (unpaired) electrons. The van der Waals surface area contributed by atoms with Crippen molar-refractivity contribution in [2.75, 3.05) is 16.8 Å². The molecule has 0 saturated heterocycles. The summed E-state index contributed by atoms with van der Waals surface area (Å²) in [4.78, 5) is 27.8. The monoisotopic (exact) mass is 435 g/mol. The van der Waals surface area contributed by atoms with Crippen LogP contribution in [0.25, 0.3) is 0 Å². The molecule has 1 aliphatic rings. The van der Waals surface area contributed by atoms with Gasteiger partial charge in [-0.15, -0.1) is 0 Å². The number of nitrogens with one attached hydrogen (secondary N) is 2. The van der Waals surface area contributed by atoms with Crippen LogP contribution in [0.2, 0.25) is 0 Å². The first-order chi connectivity index (χ1) is 15.5. The van der Waals surface area contributed by atoms with Crippen molar-refractivity contribution in [1.29, 1.82) is 0 Å². The maximum atomic E-state index is 13.2. The largest absolute Gasteiger partial charge is 0.366 e. The highest BCUT2D eigenvalue weighted by atomic mass is 16.2. The summed E-state index contributed by atoms with van der Waals surface area (Å²) < 4.78 is 0. The molecule has 0 aromatic heterocycles. The molecule has 2 N–H and O–H groups in total. The number of hydrogen-bond acceptors (Lipinski definition) is 3. The molecule has 2 aromatic carbocycles. The lowest BCUT2D eigenvalue weighted by molar-refractivity contribution is -0.116. The smallest absolute Gasteiger partial charge is 0.253 e. The summed E-state index contributed by atoms with van der Waals surface area (Å²) >= 11 is 0. The molecule has 0 spiro atoms. The van der Waals surface area contributed by atoms with Gasteiger partial charge < -0.3 is 15.5 Å². The Bertz CT molecular complexity index is 925. The number of fused-ring (bicyclic) bond motifs is 1. The van der Waals surface area contributed by atoms with Crippen molar-refractivity contribution in [2.45, 2.75) is 78.3 Å². The molecule has 0 fully saturated rings. The van der Waals surface area contributed by atoms with E-state index in [2.05, 4.69) is 53.6 Å². The van der Waals surface area contributed by atoms with Crippen molar-refractivity contribution in [3.63, 3.8) is 0 Å². The standard InChI is InChI=1S/C27H37N3O2/c1-4-6-7-8-13-26(31)29-23-14-15-25(24(18-23)27(32)28-20(3)5-2)30-17-16-21-11-9-10-12-22(21)19-30/h9-12,14-15,18,20H,4-8,13,16-17,19H2,1-3H3,(H,28,32)(H,29,31)/t20-/m1/s1. The number of carbonyl (C=O) groups is 2. The summed E-state index contributed by atoms with van der Waals surface area (Å²) in [5, 5.41) is 6.08. The first-order valence-corrected chi connectivity index (χ1v) is 12.1. The number of carbonyl (C=O) groups excluding carboxylic acids is 2. The molecular formula is C27H37N3O2. The molecule has 0 bridgehead atoms. The molecular weight excluding hydrogens is 398 g/mol. The zero-order valence-corrected chi connectivity index (χ0v) is 19.7. The minimum Gasteiger partial charge on any atom is -0.366 e. The molecule has 1 aliphatic heterocycles. The van der Waals surface area contributed by atoms with E-state index >= 15 is 0 Å². The molecule has 1 heterocycles. The molecule has 5 heteroatoms. The van der Waals surface area contributed by atoms with E-state index in [-0.39, 0.29) is 17.9 Å². The van der Waals surface area contributed by atoms with Gasteiger partial charge in [-0.25, -0.2) is 0 Å². The van der Waals surface area contributed by atoms with Crippen LogP contribution in [0.15, 0.2) is 42.5 Å². The van der Waals surface area contributed by atoms with Gasteiger partial charge in [0.1, 0.15) is 0 Å². The van der Waals surface area contributed by atoms with Crippen molar-refractivity contribution >= 4 is 23.2 Å². The van der Waals surface area contributed by atoms with E-state index in [0.29, 0.717) is 17.7 Å². The molecule has 0 aliphatic carbocycles. The fourth-order valence-corrected chi connectivity index (χ4v) is 4.11. The normalized spacial score (nSPS) is 13.9. The summed E-state index contributed by atoms with van der Waals surface area (Å²) in [5.41, 5.74) is 4.90. The lowest BCUT2D eigenvalue weighted by Crippen LogP contribution is -2.35. The predicted molar refractivity (Wildman–Crippen MR) is 132 cm³/mol. The second kappa shape index (κ2) is 11.7. The highest BCUT2D eigenvalue weighted by molar-refractivity contribution is 6.02. The molecule has 172 valence electrons. The predicted octanol–water partition coefficient (Wildman–Crippen LogP) is 5.69. The molecule has 1 atom stereocenters. The van der Waals surface area contributed by atoms with Crippen molar-refractivity contribution in [3.8, 4) is 0 Å². The third-order valence-corrected chi connectivity index (χ3v) is 6.24. The summed E-state index contributed by atoms with van der Waals surface area (Å²) in [6.45, 7) is 7.88. The topological polar surface area (TPSA) is 61.4 Å². The number of amides is 2. The van der Waals surface area contributed by atoms with Gasteiger partial charge in [0.15, 0.2) is 0 Å². The Balaban J connectivity index is 1.80. The van der Waals surface area contributed by atoms with E-state index in [9.17, 15) is 9.59 Å². The molecule has 3 rings (SSSR count). The van der Waals surface area contributed by atoms with Crippen molar-refractivity contribution in [3.05, 3.63) is 59.2 Å². The van der Waals surface area contributed by atoms with Crippen LogP contribution in [0.1, 0.15) is 80.8 Å². The van der Waals surface area contributed by atoms with Crippen molar-refractivity contribution in [1.82, 2.24) is 5.32 Å². The van der Waals surface area contributed by atoms with E-state index in [1.165, 1.54) is 11.1 Å². The lowest BCUT2D eigenvalue weighted by atomic mass is 9.98. The van der Waals surface area contributed by atoms with E-state index in [4.69, 9.17) is 0 Å². The number of nitrogens with zero attached hydrogens (tertiary/aromatic N) is 1. The number of rotatable bonds is 10. The van der Waals surface area contributed by atoms with Crippen LogP contribution in [0, 0.1) is 0 Å². The average Bonchev–Trinajstić information content (AvgIpc) is 2.81. The number of unbranched alkanes of at least 4 members (excludes halogenated alkanes) is 3. The number of hydrogen-bond donors (Lipinski definition) is 2. The molecule has 32 heavy (non-hydrogen) atoms. The highest BCUT2D eigenvalue weighted by Crippen LogP contribution is 2.30. The Morgan fingerprint density at radius 1 is 1.03 bits per heavy atom. The van der Waals surface area contributed by atoms with E-state index in [1.807, 2.05) is 25.1 Å². The maximum Gasteiger partial charge on any atom is 0.253 e. The SMILES string of the molecule is CCCCCCC(=O)Nc1ccc(N2CCc3ccccc3C2)c(C(=O)N[C@H](C)CC)c1. The van der Waals surface area contributed by atoms with Crippen molar-refractivity contribution < 1.29 is 9.59 Å². The number of benzene rings is 2. The maximum absolute atomic E-state index is 13.2. The summed E-state index contributed by atoms with van der Waals surface area (Å²) in [6, 6.07) is 14.3. The van der Waals surface area contributed by atoms with E-state index in [0.717, 1.165) is 57.3 Å². The molecule has 0 unspecified atom stereocenters. The summed E-state index contributed by atoms with van der Waals surface area (Å²) in [6.07, 6.45) is 6.61. The minimum atomic E-state index is -0.0905. The molecule has 5 nitrogen and oxygen atoms in total. The van der Waals surface area contributed by atoms with Crippen LogP contribution in [0.5, 0.6) is 0 Å². The van der Waals surface area contributed by atoms with Gasteiger partial charge in [0.2, 0.25) is 5.91 Å². The molecule has 2 amide bonds. The summed E-state index contributed by atoms with van der Waals surface area (Å²) in [5.74, 6) is -0.0821. The van der Waals surface area contributed by atoms with Gasteiger partial charge in [-0.2, -0.15) is 0 Å². The number of anilines is 2. The second-order valence-corrected chi connectivity index (χ2v) is 8.81. The Hall–Kier alpha value is -2.82. The van der Waals surface area contributed by atoms with Crippen LogP contribution in [-0.4, -0.2) is 24.4 Å². The second-order valence-electron chi connectivity index (χ2n) is 8.81. The summed E-state index contributed by atoms with van der Waals surface area (Å²) in [7, 11) is 0. The molecule has 2 aromatic rings. The van der Waals surface area contributed by atoms with Gasteiger partial charge in [-0.1, -0.05) is 57.4 Å². The van der Waals surface area contributed by atoms with Gasteiger partial charge in [0, 0.05) is 36.9 Å².